The number of carboxylic acids is 1. The predicted molar refractivity (Wildman–Crippen MR) is 69.9 cm³/mol. The summed E-state index contributed by atoms with van der Waals surface area (Å²) in [5.41, 5.74) is 5.50. The Kier molecular flexibility index (Phi) is 3.69. The van der Waals surface area contributed by atoms with Gasteiger partial charge in [0, 0.05) is 18.8 Å². The summed E-state index contributed by atoms with van der Waals surface area (Å²) in [7, 11) is 0. The van der Waals surface area contributed by atoms with Crippen molar-refractivity contribution >= 4 is 17.7 Å². The SMILES string of the molecule is CC1CCC(C(N)=O)CN1c1ncccc1C(=O)O. The van der Waals surface area contributed by atoms with Crippen LogP contribution in [0.15, 0.2) is 18.3 Å². The van der Waals surface area contributed by atoms with Gasteiger partial charge in [-0.15, -0.1) is 0 Å². The summed E-state index contributed by atoms with van der Waals surface area (Å²) in [6.07, 6.45) is 3.09. The molecule has 0 saturated carbocycles. The monoisotopic (exact) mass is 263 g/mol. The van der Waals surface area contributed by atoms with E-state index in [9.17, 15) is 14.7 Å². The van der Waals surface area contributed by atoms with E-state index in [1.165, 1.54) is 6.07 Å². The lowest BCUT2D eigenvalue weighted by molar-refractivity contribution is -0.122. The number of primary amides is 1. The molecule has 0 radical (unpaired) electrons. The van der Waals surface area contributed by atoms with E-state index >= 15 is 0 Å². The van der Waals surface area contributed by atoms with Gasteiger partial charge in [0.25, 0.3) is 0 Å². The molecule has 1 amide bonds. The van der Waals surface area contributed by atoms with Crippen molar-refractivity contribution in [1.82, 2.24) is 4.98 Å². The van der Waals surface area contributed by atoms with Crippen LogP contribution in [0.5, 0.6) is 0 Å². The van der Waals surface area contributed by atoms with Crippen molar-refractivity contribution in [3.05, 3.63) is 23.9 Å². The molecule has 1 aliphatic heterocycles. The van der Waals surface area contributed by atoms with Gasteiger partial charge in [0.1, 0.15) is 11.4 Å². The second kappa shape index (κ2) is 5.26. The van der Waals surface area contributed by atoms with Crippen molar-refractivity contribution in [1.29, 1.82) is 0 Å². The Morgan fingerprint density at radius 3 is 2.84 bits per heavy atom. The molecule has 1 aromatic heterocycles. The third-order valence-electron chi connectivity index (χ3n) is 3.57. The van der Waals surface area contributed by atoms with E-state index in [0.717, 1.165) is 12.8 Å². The van der Waals surface area contributed by atoms with Crippen molar-refractivity contribution in [3.8, 4) is 0 Å². The van der Waals surface area contributed by atoms with Crippen LogP contribution in [0.2, 0.25) is 0 Å². The number of rotatable bonds is 3. The first-order valence-corrected chi connectivity index (χ1v) is 6.25. The number of aromatic carboxylic acids is 1. The van der Waals surface area contributed by atoms with Gasteiger partial charge in [-0.1, -0.05) is 0 Å². The van der Waals surface area contributed by atoms with E-state index in [1.54, 1.807) is 12.3 Å². The molecule has 1 aromatic rings. The Hall–Kier alpha value is -2.11. The first kappa shape index (κ1) is 13.3. The smallest absolute Gasteiger partial charge is 0.339 e. The molecule has 2 heterocycles. The summed E-state index contributed by atoms with van der Waals surface area (Å²) >= 11 is 0. The first-order chi connectivity index (χ1) is 9.00. The molecule has 2 atom stereocenters. The molecule has 1 aliphatic rings. The van der Waals surface area contributed by atoms with Gasteiger partial charge in [-0.3, -0.25) is 4.79 Å². The van der Waals surface area contributed by atoms with Crippen LogP contribution in [0.1, 0.15) is 30.1 Å². The minimum atomic E-state index is -1.02. The Balaban J connectivity index is 2.33. The van der Waals surface area contributed by atoms with Crippen LogP contribution in [0.4, 0.5) is 5.82 Å². The standard InChI is InChI=1S/C13H17N3O3/c1-8-4-5-9(11(14)17)7-16(8)12-10(13(18)19)3-2-6-15-12/h2-3,6,8-9H,4-5,7H2,1H3,(H2,14,17)(H,18,19). The molecule has 1 fully saturated rings. The van der Waals surface area contributed by atoms with E-state index in [1.807, 2.05) is 11.8 Å². The molecule has 0 aliphatic carbocycles. The number of aromatic nitrogens is 1. The number of piperidine rings is 1. The summed E-state index contributed by atoms with van der Waals surface area (Å²) in [6, 6.07) is 3.25. The Morgan fingerprint density at radius 2 is 2.21 bits per heavy atom. The van der Waals surface area contributed by atoms with Gasteiger partial charge in [0.2, 0.25) is 5.91 Å². The fourth-order valence-corrected chi connectivity index (χ4v) is 2.43. The number of hydrogen-bond donors (Lipinski definition) is 2. The fraction of sp³-hybridized carbons (Fsp3) is 0.462. The summed E-state index contributed by atoms with van der Waals surface area (Å²) in [6.45, 7) is 2.42. The number of carboxylic acid groups (broad SMARTS) is 1. The van der Waals surface area contributed by atoms with Gasteiger partial charge < -0.3 is 15.7 Å². The molecule has 0 spiro atoms. The first-order valence-electron chi connectivity index (χ1n) is 6.25. The second-order valence-electron chi connectivity index (χ2n) is 4.86. The van der Waals surface area contributed by atoms with Crippen LogP contribution in [-0.2, 0) is 4.79 Å². The summed E-state index contributed by atoms with van der Waals surface area (Å²) < 4.78 is 0. The zero-order valence-electron chi connectivity index (χ0n) is 10.7. The Bertz CT molecular complexity index is 504. The summed E-state index contributed by atoms with van der Waals surface area (Å²) in [5.74, 6) is -1.20. The molecule has 2 unspecified atom stereocenters. The Labute approximate surface area is 111 Å². The van der Waals surface area contributed by atoms with E-state index in [2.05, 4.69) is 4.98 Å². The third-order valence-corrected chi connectivity index (χ3v) is 3.57. The van der Waals surface area contributed by atoms with Crippen molar-refractivity contribution in [2.24, 2.45) is 11.7 Å². The van der Waals surface area contributed by atoms with E-state index < -0.39 is 5.97 Å². The van der Waals surface area contributed by atoms with Gasteiger partial charge in [-0.2, -0.15) is 0 Å². The minimum Gasteiger partial charge on any atom is -0.478 e. The molecule has 19 heavy (non-hydrogen) atoms. The number of carbonyl (C=O) groups is 2. The maximum atomic E-state index is 11.3. The van der Waals surface area contributed by atoms with Crippen LogP contribution in [-0.4, -0.2) is 34.6 Å². The number of nitrogens with two attached hydrogens (primary N) is 1. The third kappa shape index (κ3) is 2.67. The van der Waals surface area contributed by atoms with Gasteiger partial charge in [-0.05, 0) is 31.9 Å². The maximum absolute atomic E-state index is 11.3. The minimum absolute atomic E-state index is 0.142. The number of nitrogens with zero attached hydrogens (tertiary/aromatic N) is 2. The Morgan fingerprint density at radius 1 is 1.47 bits per heavy atom. The van der Waals surface area contributed by atoms with Crippen molar-refractivity contribution < 1.29 is 14.7 Å². The highest BCUT2D eigenvalue weighted by Crippen LogP contribution is 2.28. The number of hydrogen-bond acceptors (Lipinski definition) is 4. The lowest BCUT2D eigenvalue weighted by Gasteiger charge is -2.38. The van der Waals surface area contributed by atoms with Crippen LogP contribution in [0, 0.1) is 5.92 Å². The van der Waals surface area contributed by atoms with E-state index in [0.29, 0.717) is 12.4 Å². The van der Waals surface area contributed by atoms with Crippen molar-refractivity contribution in [2.45, 2.75) is 25.8 Å². The second-order valence-corrected chi connectivity index (χ2v) is 4.86. The van der Waals surface area contributed by atoms with Gasteiger partial charge in [0.05, 0.1) is 5.92 Å². The molecular formula is C13H17N3O3. The molecular weight excluding hydrogens is 246 g/mol. The maximum Gasteiger partial charge on any atom is 0.339 e. The molecule has 102 valence electrons. The van der Waals surface area contributed by atoms with Crippen LogP contribution in [0.3, 0.4) is 0 Å². The summed E-state index contributed by atoms with van der Waals surface area (Å²) in [4.78, 5) is 28.6. The van der Waals surface area contributed by atoms with Gasteiger partial charge >= 0.3 is 5.97 Å². The molecule has 0 aromatic carbocycles. The number of amides is 1. The molecule has 0 bridgehead atoms. The molecule has 2 rings (SSSR count). The number of carbonyl (C=O) groups excluding carboxylic acids is 1. The molecule has 1 saturated heterocycles. The highest BCUT2D eigenvalue weighted by molar-refractivity contribution is 5.93. The highest BCUT2D eigenvalue weighted by Gasteiger charge is 2.31. The average Bonchev–Trinajstić information content (AvgIpc) is 2.39. The molecule has 3 N–H and O–H groups in total. The van der Waals surface area contributed by atoms with Crippen molar-refractivity contribution in [2.75, 3.05) is 11.4 Å². The highest BCUT2D eigenvalue weighted by atomic mass is 16.4. The lowest BCUT2D eigenvalue weighted by atomic mass is 9.92. The lowest BCUT2D eigenvalue weighted by Crippen LogP contribution is -2.46. The molecule has 6 nitrogen and oxygen atoms in total. The zero-order valence-corrected chi connectivity index (χ0v) is 10.7. The van der Waals surface area contributed by atoms with Gasteiger partial charge in [-0.25, -0.2) is 9.78 Å². The number of anilines is 1. The average molecular weight is 263 g/mol. The van der Waals surface area contributed by atoms with Crippen LogP contribution in [0.25, 0.3) is 0 Å². The fourth-order valence-electron chi connectivity index (χ4n) is 2.43. The van der Waals surface area contributed by atoms with Crippen LogP contribution < -0.4 is 10.6 Å². The summed E-state index contributed by atoms with van der Waals surface area (Å²) in [5, 5.41) is 9.20. The largest absolute Gasteiger partial charge is 0.478 e. The van der Waals surface area contributed by atoms with E-state index in [4.69, 9.17) is 5.73 Å². The topological polar surface area (TPSA) is 96.5 Å². The van der Waals surface area contributed by atoms with E-state index in [-0.39, 0.29) is 23.4 Å². The predicted octanol–water partition coefficient (Wildman–Crippen LogP) is 0.870. The zero-order chi connectivity index (χ0) is 14.0. The van der Waals surface area contributed by atoms with Crippen LogP contribution >= 0.6 is 0 Å². The van der Waals surface area contributed by atoms with Gasteiger partial charge in [0.15, 0.2) is 0 Å². The van der Waals surface area contributed by atoms with Crippen molar-refractivity contribution in [3.63, 3.8) is 0 Å². The number of pyridine rings is 1. The molecule has 6 heteroatoms. The quantitative estimate of drug-likeness (QED) is 0.843. The normalized spacial score (nSPS) is 23.1.